The third-order valence-corrected chi connectivity index (χ3v) is 3.11. The van der Waals surface area contributed by atoms with Gasteiger partial charge in [-0.15, -0.1) is 0 Å². The van der Waals surface area contributed by atoms with Crippen molar-refractivity contribution in [3.63, 3.8) is 0 Å². The Bertz CT molecular complexity index is 419. The molecule has 0 aromatic heterocycles. The van der Waals surface area contributed by atoms with Gasteiger partial charge in [0.1, 0.15) is 6.04 Å². The lowest BCUT2D eigenvalue weighted by molar-refractivity contribution is -0.145. The van der Waals surface area contributed by atoms with Crippen LogP contribution in [0.5, 0.6) is 0 Å². The van der Waals surface area contributed by atoms with E-state index in [2.05, 4.69) is 5.32 Å². The molecular weight excluding hydrogens is 294 g/mol. The van der Waals surface area contributed by atoms with Crippen LogP contribution >= 0.6 is 0 Å². The Kier molecular flexibility index (Phi) is 8.81. The van der Waals surface area contributed by atoms with Crippen LogP contribution in [0.25, 0.3) is 0 Å². The molecule has 0 aliphatic heterocycles. The van der Waals surface area contributed by atoms with Crippen LogP contribution in [0.1, 0.15) is 46.0 Å². The lowest BCUT2D eigenvalue weighted by Crippen LogP contribution is -2.41. The van der Waals surface area contributed by atoms with Gasteiger partial charge < -0.3 is 20.6 Å². The zero-order valence-corrected chi connectivity index (χ0v) is 12.7. The van der Waals surface area contributed by atoms with Crippen molar-refractivity contribution in [1.82, 2.24) is 5.32 Å². The molecule has 0 rings (SSSR count). The van der Waals surface area contributed by atoms with Gasteiger partial charge in [0.25, 0.3) is 0 Å². The standard InChI is InChI=1S/C14H23NO7/c1-8(2)7-9(13(19)20)3-5-11(16)15-10(14(21)22)4-6-12(17)18/h8-10H,3-7H2,1-2H3,(H,15,16)(H,17,18)(H,19,20)(H,21,22)/t9-,10+/m0/s1. The van der Waals surface area contributed by atoms with E-state index in [1.165, 1.54) is 0 Å². The molecule has 0 spiro atoms. The smallest absolute Gasteiger partial charge is 0.326 e. The Balaban J connectivity index is 4.41. The Morgan fingerprint density at radius 2 is 1.50 bits per heavy atom. The molecule has 0 heterocycles. The highest BCUT2D eigenvalue weighted by Crippen LogP contribution is 2.17. The molecule has 0 bridgehead atoms. The van der Waals surface area contributed by atoms with Gasteiger partial charge in [-0.2, -0.15) is 0 Å². The van der Waals surface area contributed by atoms with Crippen molar-refractivity contribution in [2.24, 2.45) is 11.8 Å². The average molecular weight is 317 g/mol. The first kappa shape index (κ1) is 19.9. The number of hydrogen-bond acceptors (Lipinski definition) is 4. The third kappa shape index (κ3) is 8.93. The van der Waals surface area contributed by atoms with Crippen molar-refractivity contribution >= 4 is 23.8 Å². The Morgan fingerprint density at radius 3 is 1.91 bits per heavy atom. The van der Waals surface area contributed by atoms with E-state index in [0.717, 1.165) is 0 Å². The van der Waals surface area contributed by atoms with Gasteiger partial charge in [0.15, 0.2) is 0 Å². The highest BCUT2D eigenvalue weighted by molar-refractivity contribution is 5.84. The van der Waals surface area contributed by atoms with Crippen molar-refractivity contribution in [3.8, 4) is 0 Å². The summed E-state index contributed by atoms with van der Waals surface area (Å²) < 4.78 is 0. The van der Waals surface area contributed by atoms with Crippen LogP contribution in [-0.4, -0.2) is 45.2 Å². The summed E-state index contributed by atoms with van der Waals surface area (Å²) in [7, 11) is 0. The number of carboxylic acids is 3. The molecule has 8 nitrogen and oxygen atoms in total. The molecule has 126 valence electrons. The molecule has 0 saturated heterocycles. The van der Waals surface area contributed by atoms with E-state index in [1.54, 1.807) is 0 Å². The van der Waals surface area contributed by atoms with E-state index in [9.17, 15) is 19.2 Å². The maximum atomic E-state index is 11.7. The quantitative estimate of drug-likeness (QED) is 0.444. The van der Waals surface area contributed by atoms with Crippen LogP contribution in [0.3, 0.4) is 0 Å². The molecule has 0 aromatic carbocycles. The van der Waals surface area contributed by atoms with Gasteiger partial charge in [0, 0.05) is 12.8 Å². The number of rotatable bonds is 11. The van der Waals surface area contributed by atoms with Gasteiger partial charge in [-0.25, -0.2) is 4.79 Å². The summed E-state index contributed by atoms with van der Waals surface area (Å²) in [5.41, 5.74) is 0. The molecule has 0 fully saturated rings. The van der Waals surface area contributed by atoms with Crippen molar-refractivity contribution in [1.29, 1.82) is 0 Å². The monoisotopic (exact) mass is 317 g/mol. The van der Waals surface area contributed by atoms with Gasteiger partial charge in [-0.3, -0.25) is 14.4 Å². The van der Waals surface area contributed by atoms with E-state index < -0.39 is 35.8 Å². The van der Waals surface area contributed by atoms with Crippen LogP contribution in [-0.2, 0) is 19.2 Å². The fourth-order valence-electron chi connectivity index (χ4n) is 2.01. The average Bonchev–Trinajstić information content (AvgIpc) is 2.37. The minimum absolute atomic E-state index is 0.111. The number of carboxylic acid groups (broad SMARTS) is 3. The lowest BCUT2D eigenvalue weighted by atomic mass is 9.93. The molecule has 4 N–H and O–H groups in total. The zero-order valence-electron chi connectivity index (χ0n) is 12.7. The van der Waals surface area contributed by atoms with Gasteiger partial charge in [-0.1, -0.05) is 13.8 Å². The van der Waals surface area contributed by atoms with Crippen LogP contribution in [0.15, 0.2) is 0 Å². The predicted octanol–water partition coefficient (Wildman–Crippen LogP) is 0.948. The largest absolute Gasteiger partial charge is 0.481 e. The minimum atomic E-state index is -1.31. The molecule has 1 amide bonds. The number of hydrogen-bond donors (Lipinski definition) is 4. The minimum Gasteiger partial charge on any atom is -0.481 e. The summed E-state index contributed by atoms with van der Waals surface area (Å²) in [4.78, 5) is 44.1. The topological polar surface area (TPSA) is 141 Å². The molecule has 2 atom stereocenters. The third-order valence-electron chi connectivity index (χ3n) is 3.11. The molecule has 0 saturated carbocycles. The number of carbonyl (C=O) groups is 4. The van der Waals surface area contributed by atoms with E-state index in [1.807, 2.05) is 13.8 Å². The summed E-state index contributed by atoms with van der Waals surface area (Å²) >= 11 is 0. The number of aliphatic carboxylic acids is 3. The second-order valence-electron chi connectivity index (χ2n) is 5.59. The predicted molar refractivity (Wildman–Crippen MR) is 76.3 cm³/mol. The first-order valence-corrected chi connectivity index (χ1v) is 7.10. The maximum Gasteiger partial charge on any atom is 0.326 e. The molecule has 0 aromatic rings. The highest BCUT2D eigenvalue weighted by atomic mass is 16.4. The number of nitrogens with one attached hydrogen (secondary N) is 1. The summed E-state index contributed by atoms with van der Waals surface area (Å²) in [5, 5.41) is 28.7. The van der Waals surface area contributed by atoms with E-state index in [-0.39, 0.29) is 31.6 Å². The molecular formula is C14H23NO7. The summed E-state index contributed by atoms with van der Waals surface area (Å²) in [6.45, 7) is 3.75. The van der Waals surface area contributed by atoms with Crippen LogP contribution in [0, 0.1) is 11.8 Å². The molecule has 0 aliphatic rings. The highest BCUT2D eigenvalue weighted by Gasteiger charge is 2.23. The van der Waals surface area contributed by atoms with Gasteiger partial charge in [-0.05, 0) is 25.2 Å². The van der Waals surface area contributed by atoms with Gasteiger partial charge >= 0.3 is 17.9 Å². The first-order chi connectivity index (χ1) is 10.1. The van der Waals surface area contributed by atoms with Gasteiger partial charge in [0.2, 0.25) is 5.91 Å². The maximum absolute atomic E-state index is 11.7. The second-order valence-corrected chi connectivity index (χ2v) is 5.59. The zero-order chi connectivity index (χ0) is 17.3. The van der Waals surface area contributed by atoms with Gasteiger partial charge in [0.05, 0.1) is 5.92 Å². The molecule has 0 aliphatic carbocycles. The summed E-state index contributed by atoms with van der Waals surface area (Å²) in [6.07, 6.45) is -0.151. The summed E-state index contributed by atoms with van der Waals surface area (Å²) in [5.74, 6) is -4.52. The SMILES string of the molecule is CC(C)C[C@H](CCC(=O)N[C@H](CCC(=O)O)C(=O)O)C(=O)O. The molecule has 0 unspecified atom stereocenters. The molecule has 8 heteroatoms. The fourth-order valence-corrected chi connectivity index (χ4v) is 2.01. The van der Waals surface area contributed by atoms with E-state index >= 15 is 0 Å². The lowest BCUT2D eigenvalue weighted by Gasteiger charge is -2.16. The van der Waals surface area contributed by atoms with Crippen molar-refractivity contribution in [3.05, 3.63) is 0 Å². The van der Waals surface area contributed by atoms with Crippen molar-refractivity contribution < 1.29 is 34.5 Å². The number of amides is 1. The Labute approximate surface area is 128 Å². The Hall–Kier alpha value is -2.12. The second kappa shape index (κ2) is 9.75. The molecule has 22 heavy (non-hydrogen) atoms. The Morgan fingerprint density at radius 1 is 0.909 bits per heavy atom. The van der Waals surface area contributed by atoms with E-state index in [4.69, 9.17) is 15.3 Å². The van der Waals surface area contributed by atoms with Crippen LogP contribution < -0.4 is 5.32 Å². The van der Waals surface area contributed by atoms with Crippen molar-refractivity contribution in [2.75, 3.05) is 0 Å². The first-order valence-electron chi connectivity index (χ1n) is 7.10. The normalized spacial score (nSPS) is 13.4. The fraction of sp³-hybridized carbons (Fsp3) is 0.714. The van der Waals surface area contributed by atoms with Crippen molar-refractivity contribution in [2.45, 2.75) is 52.0 Å². The summed E-state index contributed by atoms with van der Waals surface area (Å²) in [6, 6.07) is -1.28. The van der Waals surface area contributed by atoms with Crippen LogP contribution in [0.4, 0.5) is 0 Å². The number of carbonyl (C=O) groups excluding carboxylic acids is 1. The molecule has 0 radical (unpaired) electrons. The van der Waals surface area contributed by atoms with E-state index in [0.29, 0.717) is 6.42 Å². The van der Waals surface area contributed by atoms with Crippen LogP contribution in [0.2, 0.25) is 0 Å².